The topological polar surface area (TPSA) is 46.3 Å². The number of carbonyl (C=O) groups excluding carboxylic acids is 1. The van der Waals surface area contributed by atoms with Crippen molar-refractivity contribution in [1.82, 2.24) is 0 Å². The molecule has 0 bridgehead atoms. The fourth-order valence-corrected chi connectivity index (χ4v) is 1.89. The molecule has 0 saturated heterocycles. The molecule has 0 aromatic heterocycles. The van der Waals surface area contributed by atoms with Gasteiger partial charge in [-0.3, -0.25) is 4.79 Å². The van der Waals surface area contributed by atoms with E-state index >= 15 is 0 Å². The number of ketones is 1. The number of rotatable bonds is 3. The number of hydrogen-bond acceptors (Lipinski definition) is 3. The molecule has 0 saturated carbocycles. The number of Topliss-reactive ketones (excluding diaryl/α,β-unsaturated/α-hetero) is 1. The summed E-state index contributed by atoms with van der Waals surface area (Å²) in [5.74, 6) is -0.390. The van der Waals surface area contributed by atoms with Gasteiger partial charge in [-0.25, -0.2) is 4.39 Å². The second-order valence-electron chi connectivity index (χ2n) is 4.37. The summed E-state index contributed by atoms with van der Waals surface area (Å²) < 4.78 is 13.2. The minimum Gasteiger partial charge on any atom is -0.398 e. The number of hydrogen-bond donors (Lipinski definition) is 1. The van der Waals surface area contributed by atoms with Gasteiger partial charge in [-0.1, -0.05) is 6.07 Å². The van der Waals surface area contributed by atoms with Gasteiger partial charge in [0.2, 0.25) is 0 Å². The minimum atomic E-state index is -0.299. The lowest BCUT2D eigenvalue weighted by atomic mass is 10.1. The second-order valence-corrected chi connectivity index (χ2v) is 4.37. The Hall–Kier alpha value is -2.36. The van der Waals surface area contributed by atoms with Gasteiger partial charge in [0.25, 0.3) is 0 Å². The number of carbonyl (C=O) groups is 1. The Bertz CT molecular complexity index is 625. The van der Waals surface area contributed by atoms with Gasteiger partial charge in [0.05, 0.1) is 0 Å². The van der Waals surface area contributed by atoms with Crippen molar-refractivity contribution in [2.45, 2.75) is 6.92 Å². The number of nitrogens with zero attached hydrogens (tertiary/aromatic N) is 1. The van der Waals surface area contributed by atoms with Crippen LogP contribution < -0.4 is 10.6 Å². The molecule has 0 heterocycles. The molecule has 2 aromatic rings. The molecule has 0 fully saturated rings. The Balaban J connectivity index is 2.42. The van der Waals surface area contributed by atoms with E-state index in [0.29, 0.717) is 16.9 Å². The Morgan fingerprint density at radius 1 is 1.16 bits per heavy atom. The zero-order valence-corrected chi connectivity index (χ0v) is 10.9. The monoisotopic (exact) mass is 258 g/mol. The number of halogens is 1. The maximum Gasteiger partial charge on any atom is 0.161 e. The number of nitrogens with two attached hydrogens (primary N) is 1. The van der Waals surface area contributed by atoms with Crippen molar-refractivity contribution in [3.8, 4) is 0 Å². The first-order chi connectivity index (χ1) is 8.99. The van der Waals surface area contributed by atoms with Crippen LogP contribution in [-0.4, -0.2) is 12.8 Å². The van der Waals surface area contributed by atoms with Gasteiger partial charge in [-0.05, 0) is 43.3 Å². The lowest BCUT2D eigenvalue weighted by Crippen LogP contribution is -2.11. The van der Waals surface area contributed by atoms with E-state index in [-0.39, 0.29) is 11.6 Å². The highest BCUT2D eigenvalue weighted by Crippen LogP contribution is 2.27. The molecule has 0 aliphatic rings. The largest absolute Gasteiger partial charge is 0.398 e. The molecule has 19 heavy (non-hydrogen) atoms. The second kappa shape index (κ2) is 5.10. The van der Waals surface area contributed by atoms with Gasteiger partial charge in [-0.15, -0.1) is 0 Å². The van der Waals surface area contributed by atoms with E-state index in [0.717, 1.165) is 5.69 Å². The summed E-state index contributed by atoms with van der Waals surface area (Å²) in [6.07, 6.45) is 0. The van der Waals surface area contributed by atoms with E-state index in [1.807, 2.05) is 7.05 Å². The van der Waals surface area contributed by atoms with Crippen LogP contribution in [0.5, 0.6) is 0 Å². The van der Waals surface area contributed by atoms with Crippen molar-refractivity contribution >= 4 is 22.8 Å². The molecule has 0 aliphatic heterocycles. The Morgan fingerprint density at radius 3 is 2.47 bits per heavy atom. The normalized spacial score (nSPS) is 10.3. The summed E-state index contributed by atoms with van der Waals surface area (Å²) >= 11 is 0. The third-order valence-corrected chi connectivity index (χ3v) is 3.00. The first-order valence-electron chi connectivity index (χ1n) is 5.89. The summed E-state index contributed by atoms with van der Waals surface area (Å²) in [5.41, 5.74) is 8.17. The summed E-state index contributed by atoms with van der Waals surface area (Å²) in [4.78, 5) is 13.3. The van der Waals surface area contributed by atoms with Crippen molar-refractivity contribution < 1.29 is 9.18 Å². The van der Waals surface area contributed by atoms with E-state index in [2.05, 4.69) is 0 Å². The maximum atomic E-state index is 13.2. The fourth-order valence-electron chi connectivity index (χ4n) is 1.89. The van der Waals surface area contributed by atoms with Crippen molar-refractivity contribution in [2.24, 2.45) is 0 Å². The van der Waals surface area contributed by atoms with E-state index in [9.17, 15) is 9.18 Å². The molecular formula is C15H15FN2O. The van der Waals surface area contributed by atoms with Crippen molar-refractivity contribution in [1.29, 1.82) is 0 Å². The zero-order valence-electron chi connectivity index (χ0n) is 10.9. The summed E-state index contributed by atoms with van der Waals surface area (Å²) in [5, 5.41) is 0. The summed E-state index contributed by atoms with van der Waals surface area (Å²) in [7, 11) is 1.81. The minimum absolute atomic E-state index is 0.0907. The molecule has 0 atom stereocenters. The molecule has 0 radical (unpaired) electrons. The summed E-state index contributed by atoms with van der Waals surface area (Å²) in [6.45, 7) is 1.47. The smallest absolute Gasteiger partial charge is 0.161 e. The lowest BCUT2D eigenvalue weighted by Gasteiger charge is -2.20. The Morgan fingerprint density at radius 2 is 1.84 bits per heavy atom. The average Bonchev–Trinajstić information content (AvgIpc) is 2.38. The Labute approximate surface area is 111 Å². The third-order valence-electron chi connectivity index (χ3n) is 3.00. The van der Waals surface area contributed by atoms with Gasteiger partial charge in [0.15, 0.2) is 5.78 Å². The van der Waals surface area contributed by atoms with Crippen LogP contribution in [-0.2, 0) is 0 Å². The highest BCUT2D eigenvalue weighted by Gasteiger charge is 2.10. The number of anilines is 3. The van der Waals surface area contributed by atoms with Crippen LogP contribution in [0, 0.1) is 5.82 Å². The van der Waals surface area contributed by atoms with Crippen molar-refractivity contribution in [3.63, 3.8) is 0 Å². The molecule has 0 unspecified atom stereocenters. The molecule has 4 heteroatoms. The SMILES string of the molecule is CC(=O)c1cc(N(C)c2cccc(F)c2)ccc1N. The van der Waals surface area contributed by atoms with Crippen LogP contribution in [0.15, 0.2) is 42.5 Å². The third kappa shape index (κ3) is 2.73. The van der Waals surface area contributed by atoms with E-state index in [1.54, 1.807) is 35.2 Å². The van der Waals surface area contributed by atoms with Crippen LogP contribution in [0.3, 0.4) is 0 Å². The van der Waals surface area contributed by atoms with Crippen LogP contribution in [0.25, 0.3) is 0 Å². The molecule has 2 N–H and O–H groups in total. The number of nitrogen functional groups attached to an aromatic ring is 1. The molecule has 0 aliphatic carbocycles. The molecule has 0 amide bonds. The average molecular weight is 258 g/mol. The van der Waals surface area contributed by atoms with Gasteiger partial charge < -0.3 is 10.6 Å². The zero-order chi connectivity index (χ0) is 14.0. The van der Waals surface area contributed by atoms with Crippen molar-refractivity contribution in [2.75, 3.05) is 17.7 Å². The van der Waals surface area contributed by atoms with Gasteiger partial charge in [0, 0.05) is 29.7 Å². The predicted octanol–water partition coefficient (Wildman–Crippen LogP) is 3.38. The first kappa shape index (κ1) is 13.1. The van der Waals surface area contributed by atoms with Crippen LogP contribution >= 0.6 is 0 Å². The van der Waals surface area contributed by atoms with Gasteiger partial charge in [-0.2, -0.15) is 0 Å². The molecule has 0 spiro atoms. The first-order valence-corrected chi connectivity index (χ1v) is 5.89. The van der Waals surface area contributed by atoms with E-state index < -0.39 is 0 Å². The van der Waals surface area contributed by atoms with Gasteiger partial charge >= 0.3 is 0 Å². The highest BCUT2D eigenvalue weighted by molar-refractivity contribution is 6.00. The molecule has 3 nitrogen and oxygen atoms in total. The predicted molar refractivity (Wildman–Crippen MR) is 75.3 cm³/mol. The fraction of sp³-hybridized carbons (Fsp3) is 0.133. The molecule has 2 rings (SSSR count). The molecule has 98 valence electrons. The van der Waals surface area contributed by atoms with Crippen LogP contribution in [0.1, 0.15) is 17.3 Å². The molecular weight excluding hydrogens is 243 g/mol. The van der Waals surface area contributed by atoms with Crippen LogP contribution in [0.4, 0.5) is 21.5 Å². The summed E-state index contributed by atoms with van der Waals surface area (Å²) in [6, 6.07) is 11.5. The number of benzene rings is 2. The van der Waals surface area contributed by atoms with Crippen LogP contribution in [0.2, 0.25) is 0 Å². The highest BCUT2D eigenvalue weighted by atomic mass is 19.1. The maximum absolute atomic E-state index is 13.2. The van der Waals surface area contributed by atoms with Gasteiger partial charge in [0.1, 0.15) is 5.82 Å². The lowest BCUT2D eigenvalue weighted by molar-refractivity contribution is 0.101. The van der Waals surface area contributed by atoms with Crippen molar-refractivity contribution in [3.05, 3.63) is 53.8 Å². The van der Waals surface area contributed by atoms with E-state index in [1.165, 1.54) is 19.1 Å². The standard InChI is InChI=1S/C15H15FN2O/c1-10(19)14-9-13(6-7-15(14)17)18(2)12-5-3-4-11(16)8-12/h3-9H,17H2,1-2H3. The molecule has 2 aromatic carbocycles. The quantitative estimate of drug-likeness (QED) is 0.678. The Kier molecular flexibility index (Phi) is 3.51. The van der Waals surface area contributed by atoms with E-state index in [4.69, 9.17) is 5.73 Å².